The van der Waals surface area contributed by atoms with Crippen LogP contribution in [0.4, 0.5) is 0 Å². The predicted octanol–water partition coefficient (Wildman–Crippen LogP) is 2.99. The molecule has 1 aromatic rings. The van der Waals surface area contributed by atoms with E-state index >= 15 is 0 Å². The maximum absolute atomic E-state index is 3.76. The molecule has 1 saturated carbocycles. The number of hydrogen-bond acceptors (Lipinski definition) is 2. The van der Waals surface area contributed by atoms with Gasteiger partial charge in [0.05, 0.1) is 5.54 Å². The van der Waals surface area contributed by atoms with Gasteiger partial charge in [-0.05, 0) is 38.2 Å². The Morgan fingerprint density at radius 3 is 2.47 bits per heavy atom. The summed E-state index contributed by atoms with van der Waals surface area (Å²) in [6.07, 6.45) is 2.77. The summed E-state index contributed by atoms with van der Waals surface area (Å²) in [5.74, 6) is 0.926. The van der Waals surface area contributed by atoms with Gasteiger partial charge in [0, 0.05) is 25.2 Å². The third kappa shape index (κ3) is 2.44. The van der Waals surface area contributed by atoms with Crippen molar-refractivity contribution < 1.29 is 0 Å². The standard InChI is InChI=1S/C17H26N2/c1-13-9-16(10-13)19-12-17(3,18-11-14(19)2)15-7-5-4-6-8-15/h4-8,13-14,16,18H,9-12H2,1-3H3. The Morgan fingerprint density at radius 2 is 1.84 bits per heavy atom. The van der Waals surface area contributed by atoms with Crippen molar-refractivity contribution in [1.29, 1.82) is 0 Å². The summed E-state index contributed by atoms with van der Waals surface area (Å²) in [7, 11) is 0. The molecule has 2 unspecified atom stereocenters. The van der Waals surface area contributed by atoms with Crippen LogP contribution in [0.1, 0.15) is 39.2 Å². The molecule has 1 aliphatic carbocycles. The molecule has 0 aromatic heterocycles. The number of nitrogens with zero attached hydrogens (tertiary/aromatic N) is 1. The third-order valence-electron chi connectivity index (χ3n) is 5.08. The molecule has 1 aliphatic heterocycles. The van der Waals surface area contributed by atoms with Gasteiger partial charge in [0.1, 0.15) is 0 Å². The van der Waals surface area contributed by atoms with E-state index in [1.165, 1.54) is 18.4 Å². The third-order valence-corrected chi connectivity index (χ3v) is 5.08. The highest BCUT2D eigenvalue weighted by atomic mass is 15.3. The first-order valence-electron chi connectivity index (χ1n) is 7.65. The van der Waals surface area contributed by atoms with Crippen LogP contribution >= 0.6 is 0 Å². The van der Waals surface area contributed by atoms with Crippen molar-refractivity contribution in [3.63, 3.8) is 0 Å². The van der Waals surface area contributed by atoms with Gasteiger partial charge in [0.2, 0.25) is 0 Å². The SMILES string of the molecule is CC1CC(N2CC(C)(c3ccccc3)NCC2C)C1. The van der Waals surface area contributed by atoms with Crippen molar-refractivity contribution in [2.24, 2.45) is 5.92 Å². The summed E-state index contributed by atoms with van der Waals surface area (Å²) in [6.45, 7) is 9.31. The normalized spacial score (nSPS) is 39.8. The largest absolute Gasteiger partial charge is 0.305 e. The minimum absolute atomic E-state index is 0.104. The number of rotatable bonds is 2. The maximum Gasteiger partial charge on any atom is 0.0535 e. The molecule has 2 fully saturated rings. The molecule has 1 aromatic carbocycles. The first-order valence-corrected chi connectivity index (χ1v) is 7.65. The fourth-order valence-corrected chi connectivity index (χ4v) is 3.69. The van der Waals surface area contributed by atoms with Gasteiger partial charge in [-0.1, -0.05) is 37.3 Å². The van der Waals surface area contributed by atoms with Gasteiger partial charge in [-0.2, -0.15) is 0 Å². The van der Waals surface area contributed by atoms with Crippen LogP contribution < -0.4 is 5.32 Å². The van der Waals surface area contributed by atoms with E-state index in [2.05, 4.69) is 61.3 Å². The fourth-order valence-electron chi connectivity index (χ4n) is 3.69. The quantitative estimate of drug-likeness (QED) is 0.877. The van der Waals surface area contributed by atoms with Crippen LogP contribution in [0, 0.1) is 5.92 Å². The fraction of sp³-hybridized carbons (Fsp3) is 0.647. The summed E-state index contributed by atoms with van der Waals surface area (Å²) in [5.41, 5.74) is 1.52. The molecule has 1 N–H and O–H groups in total. The predicted molar refractivity (Wildman–Crippen MR) is 80.2 cm³/mol. The van der Waals surface area contributed by atoms with Crippen molar-refractivity contribution in [1.82, 2.24) is 10.2 Å². The molecule has 2 aliphatic rings. The van der Waals surface area contributed by atoms with Gasteiger partial charge in [-0.15, -0.1) is 0 Å². The smallest absolute Gasteiger partial charge is 0.0535 e. The Bertz CT molecular complexity index is 424. The second-order valence-corrected chi connectivity index (χ2v) is 6.83. The van der Waals surface area contributed by atoms with Crippen LogP contribution in [0.3, 0.4) is 0 Å². The molecule has 0 bridgehead atoms. The van der Waals surface area contributed by atoms with Crippen LogP contribution in [0.25, 0.3) is 0 Å². The molecule has 0 amide bonds. The lowest BCUT2D eigenvalue weighted by atomic mass is 9.78. The van der Waals surface area contributed by atoms with E-state index in [0.717, 1.165) is 25.0 Å². The van der Waals surface area contributed by atoms with E-state index in [9.17, 15) is 0 Å². The average molecular weight is 258 g/mol. The summed E-state index contributed by atoms with van der Waals surface area (Å²) in [6, 6.07) is 12.4. The monoisotopic (exact) mass is 258 g/mol. The Labute approximate surface area is 117 Å². The van der Waals surface area contributed by atoms with Gasteiger partial charge >= 0.3 is 0 Å². The van der Waals surface area contributed by atoms with Crippen molar-refractivity contribution in [2.75, 3.05) is 13.1 Å². The van der Waals surface area contributed by atoms with Gasteiger partial charge < -0.3 is 5.32 Å². The first-order chi connectivity index (χ1) is 9.08. The maximum atomic E-state index is 3.76. The highest BCUT2D eigenvalue weighted by Crippen LogP contribution is 2.36. The molecule has 1 heterocycles. The lowest BCUT2D eigenvalue weighted by Gasteiger charge is -2.52. The van der Waals surface area contributed by atoms with E-state index in [1.54, 1.807) is 0 Å². The van der Waals surface area contributed by atoms with Crippen LogP contribution in [-0.4, -0.2) is 30.1 Å². The number of piperazine rings is 1. The van der Waals surface area contributed by atoms with Crippen molar-refractivity contribution in [3.05, 3.63) is 35.9 Å². The van der Waals surface area contributed by atoms with Crippen LogP contribution in [-0.2, 0) is 5.54 Å². The molecule has 0 spiro atoms. The van der Waals surface area contributed by atoms with Crippen molar-refractivity contribution >= 4 is 0 Å². The minimum atomic E-state index is 0.104. The minimum Gasteiger partial charge on any atom is -0.305 e. The number of nitrogens with one attached hydrogen (secondary N) is 1. The average Bonchev–Trinajstić information content (AvgIpc) is 2.40. The van der Waals surface area contributed by atoms with E-state index in [-0.39, 0.29) is 5.54 Å². The molecule has 2 nitrogen and oxygen atoms in total. The van der Waals surface area contributed by atoms with E-state index < -0.39 is 0 Å². The Morgan fingerprint density at radius 1 is 1.16 bits per heavy atom. The van der Waals surface area contributed by atoms with Crippen LogP contribution in [0.15, 0.2) is 30.3 Å². The second-order valence-electron chi connectivity index (χ2n) is 6.83. The van der Waals surface area contributed by atoms with Gasteiger partial charge in [0.25, 0.3) is 0 Å². The van der Waals surface area contributed by atoms with Gasteiger partial charge in [0.15, 0.2) is 0 Å². The van der Waals surface area contributed by atoms with Crippen LogP contribution in [0.2, 0.25) is 0 Å². The molecule has 19 heavy (non-hydrogen) atoms. The summed E-state index contributed by atoms with van der Waals surface area (Å²) < 4.78 is 0. The molecule has 2 atom stereocenters. The zero-order valence-electron chi connectivity index (χ0n) is 12.4. The molecule has 1 saturated heterocycles. The van der Waals surface area contributed by atoms with Crippen molar-refractivity contribution in [3.8, 4) is 0 Å². The summed E-state index contributed by atoms with van der Waals surface area (Å²) in [4.78, 5) is 2.74. The molecule has 2 heteroatoms. The molecule has 0 radical (unpaired) electrons. The number of hydrogen-bond donors (Lipinski definition) is 1. The van der Waals surface area contributed by atoms with Crippen molar-refractivity contribution in [2.45, 2.75) is 51.2 Å². The molecular weight excluding hydrogens is 232 g/mol. The summed E-state index contributed by atoms with van der Waals surface area (Å²) in [5, 5.41) is 3.76. The summed E-state index contributed by atoms with van der Waals surface area (Å²) >= 11 is 0. The molecule has 104 valence electrons. The highest BCUT2D eigenvalue weighted by molar-refractivity contribution is 5.25. The van der Waals surface area contributed by atoms with E-state index in [1.807, 2.05) is 0 Å². The van der Waals surface area contributed by atoms with Crippen LogP contribution in [0.5, 0.6) is 0 Å². The topological polar surface area (TPSA) is 15.3 Å². The lowest BCUT2D eigenvalue weighted by Crippen LogP contribution is -2.64. The second kappa shape index (κ2) is 4.92. The Kier molecular flexibility index (Phi) is 3.40. The number of benzene rings is 1. The van der Waals surface area contributed by atoms with E-state index in [0.29, 0.717) is 6.04 Å². The molecule has 3 rings (SSSR count). The first kappa shape index (κ1) is 13.1. The Hall–Kier alpha value is -0.860. The van der Waals surface area contributed by atoms with E-state index in [4.69, 9.17) is 0 Å². The molecular formula is C17H26N2. The highest BCUT2D eigenvalue weighted by Gasteiger charge is 2.41. The Balaban J connectivity index is 1.77. The van der Waals surface area contributed by atoms with Gasteiger partial charge in [-0.25, -0.2) is 0 Å². The zero-order chi connectivity index (χ0) is 13.5. The lowest BCUT2D eigenvalue weighted by molar-refractivity contribution is 0.00163. The zero-order valence-corrected chi connectivity index (χ0v) is 12.4. The van der Waals surface area contributed by atoms with Gasteiger partial charge in [-0.3, -0.25) is 4.90 Å².